The molecular weight excluding hydrogens is 358 g/mol. The molecule has 0 radical (unpaired) electrons. The first-order chi connectivity index (χ1) is 13.4. The first-order valence-electron chi connectivity index (χ1n) is 10.0. The zero-order valence-corrected chi connectivity index (χ0v) is 16.6. The summed E-state index contributed by atoms with van der Waals surface area (Å²) >= 11 is 0. The van der Waals surface area contributed by atoms with Crippen LogP contribution in [0, 0.1) is 12.8 Å². The van der Waals surface area contributed by atoms with E-state index in [0.717, 1.165) is 35.5 Å². The topological polar surface area (TPSA) is 87.7 Å². The van der Waals surface area contributed by atoms with Gasteiger partial charge in [-0.1, -0.05) is 31.9 Å². The van der Waals surface area contributed by atoms with Crippen molar-refractivity contribution in [3.63, 3.8) is 0 Å². The van der Waals surface area contributed by atoms with E-state index in [-0.39, 0.29) is 24.3 Å². The average Bonchev–Trinajstić information content (AvgIpc) is 2.89. The van der Waals surface area contributed by atoms with E-state index < -0.39 is 11.6 Å². The number of hydrogen-bond acceptors (Lipinski definition) is 4. The van der Waals surface area contributed by atoms with Gasteiger partial charge in [-0.15, -0.1) is 0 Å². The molecule has 1 saturated carbocycles. The van der Waals surface area contributed by atoms with Gasteiger partial charge in [0.15, 0.2) is 0 Å². The molecule has 0 aromatic heterocycles. The number of urea groups is 1. The molecule has 7 nitrogen and oxygen atoms in total. The van der Waals surface area contributed by atoms with E-state index in [1.807, 2.05) is 38.1 Å². The van der Waals surface area contributed by atoms with Gasteiger partial charge in [0.2, 0.25) is 5.91 Å². The van der Waals surface area contributed by atoms with E-state index in [0.29, 0.717) is 26.0 Å². The van der Waals surface area contributed by atoms with Crippen LogP contribution >= 0.6 is 0 Å². The van der Waals surface area contributed by atoms with Gasteiger partial charge in [0.05, 0.1) is 6.61 Å². The smallest absolute Gasteiger partial charge is 0.325 e. The highest BCUT2D eigenvalue weighted by Gasteiger charge is 2.55. The molecule has 1 aromatic rings. The normalized spacial score (nSPS) is 24.4. The van der Waals surface area contributed by atoms with Gasteiger partial charge >= 0.3 is 6.03 Å². The van der Waals surface area contributed by atoms with Crippen molar-refractivity contribution in [2.75, 3.05) is 19.7 Å². The fourth-order valence-corrected chi connectivity index (χ4v) is 4.03. The van der Waals surface area contributed by atoms with Gasteiger partial charge in [0.25, 0.3) is 5.91 Å². The van der Waals surface area contributed by atoms with Crippen molar-refractivity contribution in [2.24, 2.45) is 5.92 Å². The largest absolute Gasteiger partial charge is 0.494 e. The Labute approximate surface area is 165 Å². The Hall–Kier alpha value is -2.57. The fraction of sp³-hybridized carbons (Fsp3) is 0.571. The summed E-state index contributed by atoms with van der Waals surface area (Å²) in [5.74, 6) is 0.296. The molecule has 2 fully saturated rings. The average molecular weight is 387 g/mol. The second kappa shape index (κ2) is 8.63. The van der Waals surface area contributed by atoms with Gasteiger partial charge in [-0.05, 0) is 49.8 Å². The molecule has 28 heavy (non-hydrogen) atoms. The van der Waals surface area contributed by atoms with E-state index >= 15 is 0 Å². The standard InChI is InChI=1S/C21H29N3O4/c1-15-7-5-9-17(13-15)28-12-6-11-22-18(25)14-24-19(26)21(23-20(24)27)10-4-3-8-16(21)2/h5,7,9,13,16H,3-4,6,8,10-12,14H2,1-2H3,(H,22,25)(H,23,27)/t16-,21-/m1/s1. The highest BCUT2D eigenvalue weighted by Crippen LogP contribution is 2.38. The summed E-state index contributed by atoms with van der Waals surface area (Å²) in [6.07, 6.45) is 4.18. The van der Waals surface area contributed by atoms with Gasteiger partial charge < -0.3 is 15.4 Å². The third kappa shape index (κ3) is 4.29. The molecule has 1 heterocycles. The van der Waals surface area contributed by atoms with Crippen LogP contribution in [0.1, 0.15) is 44.6 Å². The summed E-state index contributed by atoms with van der Waals surface area (Å²) in [4.78, 5) is 38.4. The van der Waals surface area contributed by atoms with E-state index in [2.05, 4.69) is 10.6 Å². The molecule has 0 unspecified atom stereocenters. The van der Waals surface area contributed by atoms with Crippen molar-refractivity contribution in [1.82, 2.24) is 15.5 Å². The number of amides is 4. The van der Waals surface area contributed by atoms with E-state index in [4.69, 9.17) is 4.74 Å². The predicted molar refractivity (Wildman–Crippen MR) is 105 cm³/mol. The number of nitrogens with zero attached hydrogens (tertiary/aromatic N) is 1. The van der Waals surface area contributed by atoms with Crippen LogP contribution in [-0.2, 0) is 9.59 Å². The summed E-state index contributed by atoms with van der Waals surface area (Å²) in [6.45, 7) is 4.66. The number of carbonyl (C=O) groups excluding carboxylic acids is 3. The quantitative estimate of drug-likeness (QED) is 0.555. The van der Waals surface area contributed by atoms with Crippen LogP contribution in [0.5, 0.6) is 5.75 Å². The van der Waals surface area contributed by atoms with Crippen molar-refractivity contribution < 1.29 is 19.1 Å². The zero-order chi connectivity index (χ0) is 20.1. The van der Waals surface area contributed by atoms with Gasteiger partial charge in [0, 0.05) is 6.54 Å². The molecule has 2 aliphatic rings. The SMILES string of the molecule is Cc1cccc(OCCCNC(=O)CN2C(=O)N[C@@]3(CCCC[C@H]3C)C2=O)c1. The molecule has 7 heteroatoms. The molecule has 1 aliphatic carbocycles. The van der Waals surface area contributed by atoms with Crippen molar-refractivity contribution >= 4 is 17.8 Å². The zero-order valence-electron chi connectivity index (χ0n) is 16.6. The molecule has 152 valence electrons. The molecule has 1 spiro atoms. The molecular formula is C21H29N3O4. The van der Waals surface area contributed by atoms with Gasteiger partial charge in [-0.2, -0.15) is 0 Å². The van der Waals surface area contributed by atoms with Crippen molar-refractivity contribution in [2.45, 2.75) is 51.5 Å². The lowest BCUT2D eigenvalue weighted by Gasteiger charge is -2.36. The van der Waals surface area contributed by atoms with Crippen LogP contribution in [0.2, 0.25) is 0 Å². The molecule has 1 aromatic carbocycles. The minimum atomic E-state index is -0.822. The van der Waals surface area contributed by atoms with Crippen LogP contribution in [0.15, 0.2) is 24.3 Å². The number of carbonyl (C=O) groups is 3. The molecule has 2 N–H and O–H groups in total. The van der Waals surface area contributed by atoms with Gasteiger partial charge in [0.1, 0.15) is 17.8 Å². The number of nitrogens with one attached hydrogen (secondary N) is 2. The lowest BCUT2D eigenvalue weighted by Crippen LogP contribution is -2.54. The Kier molecular flexibility index (Phi) is 6.21. The fourth-order valence-electron chi connectivity index (χ4n) is 4.03. The lowest BCUT2D eigenvalue weighted by atomic mass is 9.73. The Morgan fingerprint density at radius 2 is 2.18 bits per heavy atom. The van der Waals surface area contributed by atoms with Crippen molar-refractivity contribution in [1.29, 1.82) is 0 Å². The monoisotopic (exact) mass is 387 g/mol. The third-order valence-corrected chi connectivity index (χ3v) is 5.70. The maximum atomic E-state index is 12.8. The number of aryl methyl sites for hydroxylation is 1. The summed E-state index contributed by atoms with van der Waals surface area (Å²) in [6, 6.07) is 7.33. The highest BCUT2D eigenvalue weighted by atomic mass is 16.5. The summed E-state index contributed by atoms with van der Waals surface area (Å²) < 4.78 is 5.64. The lowest BCUT2D eigenvalue weighted by molar-refractivity contribution is -0.137. The Bertz CT molecular complexity index is 751. The third-order valence-electron chi connectivity index (χ3n) is 5.70. The number of imide groups is 1. The Balaban J connectivity index is 1.42. The summed E-state index contributed by atoms with van der Waals surface area (Å²) in [7, 11) is 0. The van der Waals surface area contributed by atoms with Crippen LogP contribution in [0.4, 0.5) is 4.79 Å². The first kappa shape index (κ1) is 20.2. The Morgan fingerprint density at radius 3 is 2.93 bits per heavy atom. The first-order valence-corrected chi connectivity index (χ1v) is 10.0. The Morgan fingerprint density at radius 1 is 1.36 bits per heavy atom. The molecule has 3 rings (SSSR count). The molecule has 2 atom stereocenters. The van der Waals surface area contributed by atoms with Crippen LogP contribution in [0.25, 0.3) is 0 Å². The van der Waals surface area contributed by atoms with E-state index in [9.17, 15) is 14.4 Å². The van der Waals surface area contributed by atoms with E-state index in [1.54, 1.807) is 0 Å². The minimum absolute atomic E-state index is 0.0875. The molecule has 1 saturated heterocycles. The number of rotatable bonds is 7. The second-order valence-electron chi connectivity index (χ2n) is 7.81. The van der Waals surface area contributed by atoms with Crippen LogP contribution in [0.3, 0.4) is 0 Å². The second-order valence-corrected chi connectivity index (χ2v) is 7.81. The van der Waals surface area contributed by atoms with Crippen molar-refractivity contribution in [3.8, 4) is 5.75 Å². The maximum absolute atomic E-state index is 12.8. The number of ether oxygens (including phenoxy) is 1. The van der Waals surface area contributed by atoms with E-state index in [1.165, 1.54) is 0 Å². The number of benzene rings is 1. The van der Waals surface area contributed by atoms with Gasteiger partial charge in [-0.25, -0.2) is 4.79 Å². The predicted octanol–water partition coefficient (Wildman–Crippen LogP) is 2.38. The minimum Gasteiger partial charge on any atom is -0.494 e. The van der Waals surface area contributed by atoms with Crippen LogP contribution < -0.4 is 15.4 Å². The maximum Gasteiger partial charge on any atom is 0.325 e. The summed E-state index contributed by atoms with van der Waals surface area (Å²) in [5.41, 5.74) is 0.307. The highest BCUT2D eigenvalue weighted by molar-refractivity contribution is 6.09. The number of hydrogen-bond donors (Lipinski definition) is 2. The molecule has 4 amide bonds. The molecule has 0 bridgehead atoms. The van der Waals surface area contributed by atoms with Crippen LogP contribution in [-0.4, -0.2) is 48.0 Å². The molecule has 1 aliphatic heterocycles. The van der Waals surface area contributed by atoms with Gasteiger partial charge in [-0.3, -0.25) is 14.5 Å². The van der Waals surface area contributed by atoms with Crippen molar-refractivity contribution in [3.05, 3.63) is 29.8 Å². The summed E-state index contributed by atoms with van der Waals surface area (Å²) in [5, 5.41) is 5.62.